The summed E-state index contributed by atoms with van der Waals surface area (Å²) in [5, 5.41) is 11.9. The van der Waals surface area contributed by atoms with Crippen LogP contribution in [0.25, 0.3) is 0 Å². The van der Waals surface area contributed by atoms with Gasteiger partial charge in [0, 0.05) is 6.54 Å². The molecular weight excluding hydrogens is 186 g/mol. The number of nitrogens with one attached hydrogen (secondary N) is 1. The predicted molar refractivity (Wildman–Crippen MR) is 50.0 cm³/mol. The molecule has 0 saturated carbocycles. The molecule has 1 amide bonds. The predicted octanol–water partition coefficient (Wildman–Crippen LogP) is 0.272. The van der Waals surface area contributed by atoms with E-state index in [9.17, 15) is 9.90 Å². The molecule has 0 aliphatic carbocycles. The second-order valence-corrected chi connectivity index (χ2v) is 3.33. The van der Waals surface area contributed by atoms with Crippen LogP contribution in [0.4, 0.5) is 4.79 Å². The van der Waals surface area contributed by atoms with Gasteiger partial charge >= 0.3 is 6.09 Å². The van der Waals surface area contributed by atoms with Gasteiger partial charge in [-0.15, -0.1) is 0 Å². The number of aliphatic hydroxyl groups is 1. The summed E-state index contributed by atoms with van der Waals surface area (Å²) >= 11 is 0. The molecule has 82 valence electrons. The highest BCUT2D eigenvalue weighted by molar-refractivity contribution is 5.67. The van der Waals surface area contributed by atoms with Crippen LogP contribution < -0.4 is 5.32 Å². The molecule has 5 nitrogen and oxygen atoms in total. The molecule has 0 aromatic carbocycles. The van der Waals surface area contributed by atoms with Crippen molar-refractivity contribution >= 4 is 6.09 Å². The Hall–Kier alpha value is -0.810. The van der Waals surface area contributed by atoms with Crippen molar-refractivity contribution in [2.45, 2.75) is 32.0 Å². The topological polar surface area (TPSA) is 67.8 Å². The van der Waals surface area contributed by atoms with Gasteiger partial charge in [0.15, 0.2) is 6.10 Å². The van der Waals surface area contributed by atoms with Crippen molar-refractivity contribution in [3.63, 3.8) is 0 Å². The third-order valence-electron chi connectivity index (χ3n) is 2.06. The minimum absolute atomic E-state index is 0.243. The highest BCUT2D eigenvalue weighted by atomic mass is 16.6. The molecule has 2 N–H and O–H groups in total. The van der Waals surface area contributed by atoms with Crippen LogP contribution in [0.15, 0.2) is 0 Å². The first-order valence-corrected chi connectivity index (χ1v) is 4.94. The van der Waals surface area contributed by atoms with Crippen LogP contribution in [0.2, 0.25) is 0 Å². The van der Waals surface area contributed by atoms with E-state index in [1.807, 2.05) is 6.92 Å². The first-order valence-electron chi connectivity index (χ1n) is 4.94. The van der Waals surface area contributed by atoms with Gasteiger partial charge in [0.25, 0.3) is 0 Å². The maximum absolute atomic E-state index is 11.1. The molecule has 1 saturated heterocycles. The minimum atomic E-state index is -0.688. The summed E-state index contributed by atoms with van der Waals surface area (Å²) in [6.45, 7) is 3.18. The maximum atomic E-state index is 11.1. The summed E-state index contributed by atoms with van der Waals surface area (Å²) in [7, 11) is 0. The average Bonchev–Trinajstić information content (AvgIpc) is 2.52. The molecule has 0 aromatic rings. The van der Waals surface area contributed by atoms with Crippen LogP contribution >= 0.6 is 0 Å². The van der Waals surface area contributed by atoms with Gasteiger partial charge in [0.2, 0.25) is 0 Å². The minimum Gasteiger partial charge on any atom is -0.441 e. The van der Waals surface area contributed by atoms with Gasteiger partial charge in [-0.05, 0) is 6.42 Å². The van der Waals surface area contributed by atoms with Crippen molar-refractivity contribution in [3.05, 3.63) is 0 Å². The molecule has 0 spiro atoms. The first kappa shape index (κ1) is 11.3. The monoisotopic (exact) mass is 203 g/mol. The van der Waals surface area contributed by atoms with Crippen LogP contribution in [0.3, 0.4) is 0 Å². The summed E-state index contributed by atoms with van der Waals surface area (Å²) in [5.74, 6) is 0. The molecule has 1 heterocycles. The van der Waals surface area contributed by atoms with Crippen LogP contribution in [-0.2, 0) is 9.47 Å². The Morgan fingerprint density at radius 3 is 3.00 bits per heavy atom. The van der Waals surface area contributed by atoms with Crippen molar-refractivity contribution < 1.29 is 19.4 Å². The lowest BCUT2D eigenvalue weighted by Gasteiger charge is -2.13. The summed E-state index contributed by atoms with van der Waals surface area (Å²) in [6, 6.07) is 0. The molecule has 14 heavy (non-hydrogen) atoms. The van der Waals surface area contributed by atoms with Crippen LogP contribution in [-0.4, -0.2) is 43.2 Å². The Kier molecular flexibility index (Phi) is 4.69. The van der Waals surface area contributed by atoms with Crippen molar-refractivity contribution in [2.75, 3.05) is 19.8 Å². The van der Waals surface area contributed by atoms with E-state index >= 15 is 0 Å². The molecule has 2 atom stereocenters. The number of ether oxygens (including phenoxy) is 2. The SMILES string of the molecule is CCCCNC(=O)O[C@@H]1COC[C@@H]1O. The molecular formula is C9H17NO4. The molecule has 0 aromatic heterocycles. The lowest BCUT2D eigenvalue weighted by molar-refractivity contribution is 0.0326. The quantitative estimate of drug-likeness (QED) is 0.644. The summed E-state index contributed by atoms with van der Waals surface area (Å²) in [4.78, 5) is 11.1. The van der Waals surface area contributed by atoms with Gasteiger partial charge < -0.3 is 19.9 Å². The largest absolute Gasteiger partial charge is 0.441 e. The fourth-order valence-electron chi connectivity index (χ4n) is 1.18. The summed E-state index contributed by atoms with van der Waals surface area (Å²) in [5.41, 5.74) is 0. The maximum Gasteiger partial charge on any atom is 0.407 e. The smallest absolute Gasteiger partial charge is 0.407 e. The van der Waals surface area contributed by atoms with Gasteiger partial charge in [-0.3, -0.25) is 0 Å². The zero-order chi connectivity index (χ0) is 10.4. The lowest BCUT2D eigenvalue weighted by atomic mass is 10.3. The number of carbonyl (C=O) groups is 1. The summed E-state index contributed by atoms with van der Waals surface area (Å²) in [6.07, 6.45) is 0.269. The number of carbonyl (C=O) groups excluding carboxylic acids is 1. The Balaban J connectivity index is 2.13. The van der Waals surface area contributed by atoms with E-state index in [1.165, 1.54) is 0 Å². The van der Waals surface area contributed by atoms with E-state index in [0.717, 1.165) is 12.8 Å². The Morgan fingerprint density at radius 2 is 2.43 bits per heavy atom. The molecule has 0 unspecified atom stereocenters. The van der Waals surface area contributed by atoms with E-state index in [1.54, 1.807) is 0 Å². The fraction of sp³-hybridized carbons (Fsp3) is 0.889. The third kappa shape index (κ3) is 3.51. The van der Waals surface area contributed by atoms with E-state index in [2.05, 4.69) is 5.32 Å². The van der Waals surface area contributed by atoms with Gasteiger partial charge in [-0.1, -0.05) is 13.3 Å². The Bertz CT molecular complexity index is 186. The average molecular weight is 203 g/mol. The van der Waals surface area contributed by atoms with Crippen molar-refractivity contribution in [2.24, 2.45) is 0 Å². The number of hydrogen-bond acceptors (Lipinski definition) is 4. The molecule has 1 aliphatic rings. The number of hydrogen-bond donors (Lipinski definition) is 2. The second-order valence-electron chi connectivity index (χ2n) is 3.33. The molecule has 5 heteroatoms. The zero-order valence-electron chi connectivity index (χ0n) is 8.36. The van der Waals surface area contributed by atoms with E-state index in [-0.39, 0.29) is 13.2 Å². The van der Waals surface area contributed by atoms with Gasteiger partial charge in [-0.2, -0.15) is 0 Å². The highest BCUT2D eigenvalue weighted by Crippen LogP contribution is 2.09. The molecule has 0 bridgehead atoms. The number of rotatable bonds is 4. The van der Waals surface area contributed by atoms with E-state index in [0.29, 0.717) is 6.54 Å². The van der Waals surface area contributed by atoms with E-state index < -0.39 is 18.3 Å². The number of amides is 1. The summed E-state index contributed by atoms with van der Waals surface area (Å²) < 4.78 is 9.89. The van der Waals surface area contributed by atoms with Crippen molar-refractivity contribution in [1.29, 1.82) is 0 Å². The Morgan fingerprint density at radius 1 is 1.64 bits per heavy atom. The number of aliphatic hydroxyl groups excluding tert-OH is 1. The third-order valence-corrected chi connectivity index (χ3v) is 2.06. The van der Waals surface area contributed by atoms with Crippen LogP contribution in [0, 0.1) is 0 Å². The second kappa shape index (κ2) is 5.82. The molecule has 1 aliphatic heterocycles. The van der Waals surface area contributed by atoms with Gasteiger partial charge in [0.1, 0.15) is 6.10 Å². The van der Waals surface area contributed by atoms with E-state index in [4.69, 9.17) is 9.47 Å². The van der Waals surface area contributed by atoms with Crippen LogP contribution in [0.5, 0.6) is 0 Å². The highest BCUT2D eigenvalue weighted by Gasteiger charge is 2.29. The fourth-order valence-corrected chi connectivity index (χ4v) is 1.18. The first-order chi connectivity index (χ1) is 6.74. The molecule has 1 rings (SSSR count). The normalized spacial score (nSPS) is 26.1. The molecule has 1 fully saturated rings. The molecule has 0 radical (unpaired) electrons. The number of unbranched alkanes of at least 4 members (excludes halogenated alkanes) is 1. The van der Waals surface area contributed by atoms with Crippen molar-refractivity contribution in [3.8, 4) is 0 Å². The number of alkyl carbamates (subject to hydrolysis) is 1. The van der Waals surface area contributed by atoms with Crippen molar-refractivity contribution in [1.82, 2.24) is 5.32 Å². The van der Waals surface area contributed by atoms with Gasteiger partial charge in [0.05, 0.1) is 13.2 Å². The zero-order valence-corrected chi connectivity index (χ0v) is 8.36. The lowest BCUT2D eigenvalue weighted by Crippen LogP contribution is -2.35. The Labute approximate surface area is 83.4 Å². The standard InChI is InChI=1S/C9H17NO4/c1-2-3-4-10-9(12)14-8-6-13-5-7(8)11/h7-8,11H,2-6H2,1H3,(H,10,12)/t7-,8+/m0/s1. The van der Waals surface area contributed by atoms with Crippen LogP contribution in [0.1, 0.15) is 19.8 Å². The van der Waals surface area contributed by atoms with Gasteiger partial charge in [-0.25, -0.2) is 4.79 Å².